The Hall–Kier alpha value is -1.69. The van der Waals surface area contributed by atoms with Crippen LogP contribution in [-0.2, 0) is 38.1 Å². The van der Waals surface area contributed by atoms with E-state index in [1.165, 1.54) is 39.8 Å². The summed E-state index contributed by atoms with van der Waals surface area (Å²) < 4.78 is 19.9. The van der Waals surface area contributed by atoms with Gasteiger partial charge in [0.05, 0.1) is 0 Å². The summed E-state index contributed by atoms with van der Waals surface area (Å²) in [7, 11) is -0.302. The van der Waals surface area contributed by atoms with Gasteiger partial charge in [0.1, 0.15) is 0 Å². The maximum Gasteiger partial charge on any atom is 0.305 e. The third kappa shape index (κ3) is 17.7. The Morgan fingerprint density at radius 2 is 0.857 bits per heavy atom. The van der Waals surface area contributed by atoms with Gasteiger partial charge in [0.15, 0.2) is 0 Å². The van der Waals surface area contributed by atoms with Crippen molar-refractivity contribution in [1.82, 2.24) is 0 Å². The summed E-state index contributed by atoms with van der Waals surface area (Å²) in [4.78, 5) is 44.0. The van der Waals surface area contributed by atoms with E-state index in [-0.39, 0.29) is 19.0 Å². The van der Waals surface area contributed by atoms with Crippen molar-refractivity contribution in [2.45, 2.75) is 90.1 Å². The molecule has 0 bridgehead atoms. The minimum atomic E-state index is -0.763. The fourth-order valence-corrected chi connectivity index (χ4v) is 7.53. The SMILES string of the molecule is CC(=O)OC(CCC[SiH2]CC[SiH2]CCCC(OC(C)=O)OC(C)=O)OC(C)=O. The molecule has 10 heteroatoms. The molecule has 0 aromatic rings. The number of carbonyl (C=O) groups is 4. The number of carbonyl (C=O) groups excluding carboxylic acids is 4. The van der Waals surface area contributed by atoms with Crippen molar-refractivity contribution in [3.8, 4) is 0 Å². The highest BCUT2D eigenvalue weighted by Gasteiger charge is 2.15. The van der Waals surface area contributed by atoms with Crippen LogP contribution in [0.4, 0.5) is 0 Å². The van der Waals surface area contributed by atoms with Crippen molar-refractivity contribution >= 4 is 42.9 Å². The standard InChI is InChI=1S/C18H34O8Si2/c1-13(19)23-17(24-14(2)20)7-5-9-27-11-12-28-10-6-8-18(25-15(3)21)26-16(4)22/h17-18H,5-12,27-28H2,1-4H3. The summed E-state index contributed by atoms with van der Waals surface area (Å²) in [6.07, 6.45) is 1.37. The highest BCUT2D eigenvalue weighted by Crippen LogP contribution is 2.11. The third-order valence-electron chi connectivity index (χ3n) is 3.82. The molecule has 0 fully saturated rings. The number of hydrogen-bond acceptors (Lipinski definition) is 8. The molecule has 0 heterocycles. The van der Waals surface area contributed by atoms with Crippen molar-refractivity contribution in [2.24, 2.45) is 0 Å². The summed E-state index contributed by atoms with van der Waals surface area (Å²) in [5, 5.41) is 0. The Morgan fingerprint density at radius 1 is 0.571 bits per heavy atom. The minimum Gasteiger partial charge on any atom is -0.425 e. The van der Waals surface area contributed by atoms with Gasteiger partial charge in [-0.1, -0.05) is 24.2 Å². The zero-order valence-corrected chi connectivity index (χ0v) is 20.3. The molecule has 0 aliphatic carbocycles. The Morgan fingerprint density at radius 3 is 1.11 bits per heavy atom. The summed E-state index contributed by atoms with van der Waals surface area (Å²) >= 11 is 0. The van der Waals surface area contributed by atoms with Gasteiger partial charge in [0.2, 0.25) is 12.6 Å². The maximum atomic E-state index is 11.0. The number of ether oxygens (including phenoxy) is 4. The van der Waals surface area contributed by atoms with E-state index >= 15 is 0 Å². The second-order valence-corrected chi connectivity index (χ2v) is 10.9. The molecule has 0 aliphatic rings. The molecule has 0 aliphatic heterocycles. The van der Waals surface area contributed by atoms with E-state index in [0.29, 0.717) is 12.8 Å². The molecule has 0 radical (unpaired) electrons. The van der Waals surface area contributed by atoms with Crippen molar-refractivity contribution in [1.29, 1.82) is 0 Å². The molecule has 0 rings (SSSR count). The minimum absolute atomic E-state index is 0.151. The molecule has 0 unspecified atom stereocenters. The van der Waals surface area contributed by atoms with Crippen LogP contribution < -0.4 is 0 Å². The Balaban J connectivity index is 3.71. The molecule has 0 spiro atoms. The summed E-state index contributed by atoms with van der Waals surface area (Å²) in [6, 6.07) is 4.84. The van der Waals surface area contributed by atoms with Crippen molar-refractivity contribution in [2.75, 3.05) is 0 Å². The summed E-state index contributed by atoms with van der Waals surface area (Å²) in [5.41, 5.74) is 0. The second-order valence-electron chi connectivity index (χ2n) is 6.70. The van der Waals surface area contributed by atoms with Gasteiger partial charge in [-0.3, -0.25) is 19.2 Å². The first-order valence-corrected chi connectivity index (χ1v) is 13.9. The lowest BCUT2D eigenvalue weighted by molar-refractivity contribution is -0.187. The van der Waals surface area contributed by atoms with E-state index in [1.807, 2.05) is 0 Å². The lowest BCUT2D eigenvalue weighted by atomic mass is 10.3. The van der Waals surface area contributed by atoms with Gasteiger partial charge in [-0.05, 0) is 12.8 Å². The Labute approximate surface area is 171 Å². The van der Waals surface area contributed by atoms with Gasteiger partial charge >= 0.3 is 23.9 Å². The fourth-order valence-electron chi connectivity index (χ4n) is 2.71. The van der Waals surface area contributed by atoms with E-state index in [2.05, 4.69) is 0 Å². The molecular weight excluding hydrogens is 400 g/mol. The first kappa shape index (κ1) is 26.3. The number of hydrogen-bond donors (Lipinski definition) is 0. The largest absolute Gasteiger partial charge is 0.425 e. The quantitative estimate of drug-likeness (QED) is 0.165. The predicted molar refractivity (Wildman–Crippen MR) is 109 cm³/mol. The van der Waals surface area contributed by atoms with E-state index in [0.717, 1.165) is 24.9 Å². The van der Waals surface area contributed by atoms with Gasteiger partial charge in [-0.25, -0.2) is 0 Å². The average Bonchev–Trinajstić information content (AvgIpc) is 2.54. The molecule has 0 saturated carbocycles. The molecule has 0 saturated heterocycles. The van der Waals surface area contributed by atoms with Crippen LogP contribution in [0.3, 0.4) is 0 Å². The van der Waals surface area contributed by atoms with Crippen molar-refractivity contribution in [3.63, 3.8) is 0 Å². The maximum absolute atomic E-state index is 11.0. The first-order valence-electron chi connectivity index (χ1n) is 9.89. The molecule has 8 nitrogen and oxygen atoms in total. The lowest BCUT2D eigenvalue weighted by Gasteiger charge is -2.16. The summed E-state index contributed by atoms with van der Waals surface area (Å²) in [5.74, 6) is -1.78. The molecule has 0 aromatic heterocycles. The van der Waals surface area contributed by atoms with Crippen molar-refractivity contribution in [3.05, 3.63) is 0 Å². The van der Waals surface area contributed by atoms with Crippen LogP contribution >= 0.6 is 0 Å². The Kier molecular flexibility index (Phi) is 15.3. The number of esters is 4. The fraction of sp³-hybridized carbons (Fsp3) is 0.778. The van der Waals surface area contributed by atoms with Gasteiger partial charge in [-0.15, -0.1) is 0 Å². The van der Waals surface area contributed by atoms with Gasteiger partial charge in [-0.2, -0.15) is 0 Å². The zero-order chi connectivity index (χ0) is 21.4. The van der Waals surface area contributed by atoms with E-state index in [4.69, 9.17) is 18.9 Å². The van der Waals surface area contributed by atoms with E-state index < -0.39 is 36.5 Å². The topological polar surface area (TPSA) is 105 Å². The zero-order valence-electron chi connectivity index (χ0n) is 17.5. The molecule has 0 N–H and O–H groups in total. The third-order valence-corrected chi connectivity index (χ3v) is 8.82. The van der Waals surface area contributed by atoms with E-state index in [9.17, 15) is 19.2 Å². The average molecular weight is 435 g/mol. The highest BCUT2D eigenvalue weighted by molar-refractivity contribution is 6.42. The summed E-state index contributed by atoms with van der Waals surface area (Å²) in [6.45, 7) is 5.21. The van der Waals surface area contributed by atoms with Crippen LogP contribution in [0, 0.1) is 0 Å². The van der Waals surface area contributed by atoms with E-state index in [1.54, 1.807) is 0 Å². The lowest BCUT2D eigenvalue weighted by Crippen LogP contribution is -2.22. The van der Waals surface area contributed by atoms with Gasteiger partial charge < -0.3 is 18.9 Å². The smallest absolute Gasteiger partial charge is 0.305 e. The number of rotatable bonds is 15. The molecule has 162 valence electrons. The molecule has 0 amide bonds. The highest BCUT2D eigenvalue weighted by atomic mass is 28.2. The van der Waals surface area contributed by atoms with Crippen LogP contribution in [0.2, 0.25) is 24.2 Å². The monoisotopic (exact) mass is 434 g/mol. The molecule has 0 atom stereocenters. The van der Waals surface area contributed by atoms with Gasteiger partial charge in [0, 0.05) is 59.6 Å². The second kappa shape index (κ2) is 16.3. The van der Waals surface area contributed by atoms with Crippen LogP contribution in [-0.4, -0.2) is 55.5 Å². The van der Waals surface area contributed by atoms with Crippen LogP contribution in [0.25, 0.3) is 0 Å². The van der Waals surface area contributed by atoms with Crippen molar-refractivity contribution < 1.29 is 38.1 Å². The Bertz CT molecular complexity index is 422. The first-order chi connectivity index (χ1) is 13.2. The van der Waals surface area contributed by atoms with Crippen LogP contribution in [0.15, 0.2) is 0 Å². The normalized spacial score (nSPS) is 11.5. The predicted octanol–water partition coefficient (Wildman–Crippen LogP) is 1.46. The molecular formula is C18H34O8Si2. The van der Waals surface area contributed by atoms with Crippen LogP contribution in [0.1, 0.15) is 53.4 Å². The molecule has 28 heavy (non-hydrogen) atoms. The van der Waals surface area contributed by atoms with Crippen LogP contribution in [0.5, 0.6) is 0 Å². The van der Waals surface area contributed by atoms with Gasteiger partial charge in [0.25, 0.3) is 0 Å². The molecule has 0 aromatic carbocycles.